The lowest BCUT2D eigenvalue weighted by molar-refractivity contribution is 0.0691. The van der Waals surface area contributed by atoms with Crippen molar-refractivity contribution in [3.63, 3.8) is 0 Å². The van der Waals surface area contributed by atoms with Gasteiger partial charge in [0.2, 0.25) is 0 Å². The molecule has 1 saturated heterocycles. The summed E-state index contributed by atoms with van der Waals surface area (Å²) in [5.74, 6) is -0.506. The van der Waals surface area contributed by atoms with E-state index in [1.807, 2.05) is 0 Å². The van der Waals surface area contributed by atoms with Crippen molar-refractivity contribution in [2.45, 2.75) is 18.8 Å². The molecule has 14 heavy (non-hydrogen) atoms. The van der Waals surface area contributed by atoms with Gasteiger partial charge in [0.1, 0.15) is 0 Å². The van der Waals surface area contributed by atoms with Crippen molar-refractivity contribution in [1.82, 2.24) is 4.37 Å². The second kappa shape index (κ2) is 4.06. The summed E-state index contributed by atoms with van der Waals surface area (Å²) >= 11 is 1.30. The van der Waals surface area contributed by atoms with Gasteiger partial charge in [-0.05, 0) is 36.4 Å². The van der Waals surface area contributed by atoms with Crippen LogP contribution in [0.3, 0.4) is 0 Å². The molecule has 0 saturated carbocycles. The highest BCUT2D eigenvalue weighted by Crippen LogP contribution is 2.29. The first-order valence-corrected chi connectivity index (χ1v) is 5.32. The van der Waals surface area contributed by atoms with Gasteiger partial charge in [-0.25, -0.2) is 4.79 Å². The van der Waals surface area contributed by atoms with Crippen LogP contribution in [0.15, 0.2) is 6.07 Å². The lowest BCUT2D eigenvalue weighted by Crippen LogP contribution is -2.13. The van der Waals surface area contributed by atoms with Crippen molar-refractivity contribution < 1.29 is 14.6 Å². The fraction of sp³-hybridized carbons (Fsp3) is 0.556. The number of aromatic carboxylic acids is 1. The van der Waals surface area contributed by atoms with E-state index in [4.69, 9.17) is 9.84 Å². The van der Waals surface area contributed by atoms with E-state index in [0.29, 0.717) is 5.92 Å². The zero-order chi connectivity index (χ0) is 9.97. The first-order valence-electron chi connectivity index (χ1n) is 4.55. The molecule has 0 radical (unpaired) electrons. The van der Waals surface area contributed by atoms with Crippen LogP contribution in [-0.4, -0.2) is 28.7 Å². The second-order valence-electron chi connectivity index (χ2n) is 3.31. The predicted molar refractivity (Wildman–Crippen MR) is 51.9 cm³/mol. The standard InChI is InChI=1S/C9H11NO3S/c11-9(12)7-5-8(14-10-7)6-1-3-13-4-2-6/h5-6H,1-4H2,(H,11,12). The zero-order valence-corrected chi connectivity index (χ0v) is 8.42. The van der Waals surface area contributed by atoms with Crippen LogP contribution in [-0.2, 0) is 4.74 Å². The molecular weight excluding hydrogens is 202 g/mol. The summed E-state index contributed by atoms with van der Waals surface area (Å²) < 4.78 is 9.14. The molecule has 1 aliphatic heterocycles. The Balaban J connectivity index is 2.11. The van der Waals surface area contributed by atoms with Gasteiger partial charge in [-0.3, -0.25) is 0 Å². The third kappa shape index (κ3) is 1.93. The fourth-order valence-corrected chi connectivity index (χ4v) is 2.45. The van der Waals surface area contributed by atoms with Crippen molar-refractivity contribution in [3.05, 3.63) is 16.6 Å². The molecule has 1 aliphatic rings. The van der Waals surface area contributed by atoms with Crippen molar-refractivity contribution in [3.8, 4) is 0 Å². The van der Waals surface area contributed by atoms with Crippen LogP contribution in [0.5, 0.6) is 0 Å². The minimum atomic E-state index is -0.945. The SMILES string of the molecule is O=C(O)c1cc(C2CCOCC2)sn1. The predicted octanol–water partition coefficient (Wildman–Crippen LogP) is 1.74. The van der Waals surface area contributed by atoms with Crippen molar-refractivity contribution in [1.29, 1.82) is 0 Å². The molecule has 0 spiro atoms. The van der Waals surface area contributed by atoms with Crippen molar-refractivity contribution >= 4 is 17.5 Å². The Kier molecular flexibility index (Phi) is 2.79. The van der Waals surface area contributed by atoms with E-state index >= 15 is 0 Å². The molecule has 1 N–H and O–H groups in total. The number of ether oxygens (including phenoxy) is 1. The van der Waals surface area contributed by atoms with E-state index in [1.165, 1.54) is 11.5 Å². The molecular formula is C9H11NO3S. The van der Waals surface area contributed by atoms with Gasteiger partial charge in [-0.15, -0.1) is 0 Å². The molecule has 0 aromatic carbocycles. The van der Waals surface area contributed by atoms with Gasteiger partial charge >= 0.3 is 5.97 Å². The highest BCUT2D eigenvalue weighted by Gasteiger charge is 2.19. The Hall–Kier alpha value is -0.940. The summed E-state index contributed by atoms with van der Waals surface area (Å²) in [7, 11) is 0. The molecule has 0 amide bonds. The quantitative estimate of drug-likeness (QED) is 0.812. The van der Waals surface area contributed by atoms with Crippen molar-refractivity contribution in [2.24, 2.45) is 0 Å². The van der Waals surface area contributed by atoms with Crippen LogP contribution >= 0.6 is 11.5 Å². The van der Waals surface area contributed by atoms with Crippen LogP contribution in [0.2, 0.25) is 0 Å². The number of aromatic nitrogens is 1. The molecule has 4 nitrogen and oxygen atoms in total. The van der Waals surface area contributed by atoms with E-state index in [0.717, 1.165) is 30.9 Å². The summed E-state index contributed by atoms with van der Waals surface area (Å²) in [5.41, 5.74) is 0.163. The summed E-state index contributed by atoms with van der Waals surface area (Å²) in [4.78, 5) is 11.7. The third-order valence-electron chi connectivity index (χ3n) is 2.37. The van der Waals surface area contributed by atoms with Gasteiger partial charge in [0, 0.05) is 18.1 Å². The molecule has 1 aromatic rings. The summed E-state index contributed by atoms with van der Waals surface area (Å²) in [5, 5.41) is 8.72. The highest BCUT2D eigenvalue weighted by molar-refractivity contribution is 7.06. The maximum atomic E-state index is 10.6. The molecule has 76 valence electrons. The molecule has 0 bridgehead atoms. The number of carbonyl (C=O) groups is 1. The minimum Gasteiger partial charge on any atom is -0.476 e. The zero-order valence-electron chi connectivity index (χ0n) is 7.60. The summed E-state index contributed by atoms with van der Waals surface area (Å²) in [6.45, 7) is 1.54. The summed E-state index contributed by atoms with van der Waals surface area (Å²) in [6.07, 6.45) is 1.95. The number of nitrogens with zero attached hydrogens (tertiary/aromatic N) is 1. The second-order valence-corrected chi connectivity index (χ2v) is 4.14. The van der Waals surface area contributed by atoms with E-state index in [-0.39, 0.29) is 5.69 Å². The van der Waals surface area contributed by atoms with Gasteiger partial charge < -0.3 is 9.84 Å². The number of rotatable bonds is 2. The number of hydrogen-bond acceptors (Lipinski definition) is 4. The Labute approximate surface area is 85.7 Å². The van der Waals surface area contributed by atoms with E-state index in [9.17, 15) is 4.79 Å². The topological polar surface area (TPSA) is 59.4 Å². The van der Waals surface area contributed by atoms with Gasteiger partial charge in [-0.1, -0.05) is 0 Å². The van der Waals surface area contributed by atoms with Gasteiger partial charge in [0.15, 0.2) is 5.69 Å². The molecule has 0 atom stereocenters. The number of carboxylic acid groups (broad SMARTS) is 1. The van der Waals surface area contributed by atoms with Gasteiger partial charge in [0.25, 0.3) is 0 Å². The van der Waals surface area contributed by atoms with Crippen molar-refractivity contribution in [2.75, 3.05) is 13.2 Å². The van der Waals surface area contributed by atoms with E-state index in [2.05, 4.69) is 4.37 Å². The average Bonchev–Trinajstić information content (AvgIpc) is 2.68. The fourth-order valence-electron chi connectivity index (χ4n) is 1.56. The first-order chi connectivity index (χ1) is 6.77. The van der Waals surface area contributed by atoms with Crippen LogP contribution in [0.25, 0.3) is 0 Å². The largest absolute Gasteiger partial charge is 0.476 e. The van der Waals surface area contributed by atoms with Crippen LogP contribution in [0.1, 0.15) is 34.1 Å². The number of carboxylic acids is 1. The Bertz CT molecular complexity index is 331. The Morgan fingerprint density at radius 1 is 1.57 bits per heavy atom. The lowest BCUT2D eigenvalue weighted by Gasteiger charge is -2.19. The van der Waals surface area contributed by atoms with Gasteiger partial charge in [-0.2, -0.15) is 4.37 Å². The van der Waals surface area contributed by atoms with Crippen LogP contribution < -0.4 is 0 Å². The van der Waals surface area contributed by atoms with Crippen LogP contribution in [0, 0.1) is 0 Å². The van der Waals surface area contributed by atoms with Gasteiger partial charge in [0.05, 0.1) is 0 Å². The summed E-state index contributed by atoms with van der Waals surface area (Å²) in [6, 6.07) is 1.68. The molecule has 2 rings (SSSR count). The van der Waals surface area contributed by atoms with Crippen LogP contribution in [0.4, 0.5) is 0 Å². The molecule has 1 fully saturated rings. The van der Waals surface area contributed by atoms with E-state index in [1.54, 1.807) is 6.07 Å². The first kappa shape index (κ1) is 9.61. The maximum Gasteiger partial charge on any atom is 0.355 e. The average molecular weight is 213 g/mol. The molecule has 5 heteroatoms. The molecule has 1 aromatic heterocycles. The normalized spacial score (nSPS) is 18.3. The minimum absolute atomic E-state index is 0.163. The van der Waals surface area contributed by atoms with E-state index < -0.39 is 5.97 Å². The third-order valence-corrected chi connectivity index (χ3v) is 3.32. The Morgan fingerprint density at radius 3 is 2.86 bits per heavy atom. The Morgan fingerprint density at radius 2 is 2.29 bits per heavy atom. The molecule has 0 aliphatic carbocycles. The lowest BCUT2D eigenvalue weighted by atomic mass is 9.98. The number of hydrogen-bond donors (Lipinski definition) is 1. The highest BCUT2D eigenvalue weighted by atomic mass is 32.1. The maximum absolute atomic E-state index is 10.6. The monoisotopic (exact) mass is 213 g/mol. The smallest absolute Gasteiger partial charge is 0.355 e. The molecule has 2 heterocycles. The molecule has 0 unspecified atom stereocenters.